The van der Waals surface area contributed by atoms with E-state index in [9.17, 15) is 4.79 Å². The van der Waals surface area contributed by atoms with Gasteiger partial charge in [0.15, 0.2) is 0 Å². The topological polar surface area (TPSA) is 52.6 Å². The molecule has 2 N–H and O–H groups in total. The SMILES string of the molecule is O=C(C=Cc1ccc([C@@H]2CCCN2CC2CCC2)cc1)NO. The highest BCUT2D eigenvalue weighted by molar-refractivity contribution is 5.90. The number of nitrogens with one attached hydrogen (secondary N) is 1. The first-order valence-electron chi connectivity index (χ1n) is 8.22. The van der Waals surface area contributed by atoms with Crippen LogP contribution in [0.5, 0.6) is 0 Å². The summed E-state index contributed by atoms with van der Waals surface area (Å²) in [6, 6.07) is 8.96. The first kappa shape index (κ1) is 15.3. The van der Waals surface area contributed by atoms with Crippen LogP contribution in [0.2, 0.25) is 0 Å². The van der Waals surface area contributed by atoms with Gasteiger partial charge >= 0.3 is 0 Å². The number of hydrogen-bond donors (Lipinski definition) is 2. The third kappa shape index (κ3) is 3.57. The molecule has 4 nitrogen and oxygen atoms in total. The summed E-state index contributed by atoms with van der Waals surface area (Å²) in [6.45, 7) is 2.47. The van der Waals surface area contributed by atoms with E-state index in [0.717, 1.165) is 11.5 Å². The van der Waals surface area contributed by atoms with E-state index in [1.165, 1.54) is 56.8 Å². The number of carbonyl (C=O) groups is 1. The monoisotopic (exact) mass is 300 g/mol. The van der Waals surface area contributed by atoms with Gasteiger partial charge in [-0.05, 0) is 55.3 Å². The highest BCUT2D eigenvalue weighted by atomic mass is 16.5. The molecule has 1 aliphatic heterocycles. The van der Waals surface area contributed by atoms with Crippen LogP contribution in [0.25, 0.3) is 6.08 Å². The van der Waals surface area contributed by atoms with Crippen molar-refractivity contribution in [2.24, 2.45) is 5.92 Å². The molecule has 1 amide bonds. The summed E-state index contributed by atoms with van der Waals surface area (Å²) in [5.41, 5.74) is 3.94. The smallest absolute Gasteiger partial charge is 0.267 e. The Morgan fingerprint density at radius 3 is 2.64 bits per heavy atom. The van der Waals surface area contributed by atoms with Crippen molar-refractivity contribution in [3.63, 3.8) is 0 Å². The second-order valence-corrected chi connectivity index (χ2v) is 6.43. The molecule has 0 bridgehead atoms. The molecule has 1 aromatic carbocycles. The molecule has 2 aliphatic rings. The van der Waals surface area contributed by atoms with E-state index in [-0.39, 0.29) is 0 Å². The summed E-state index contributed by atoms with van der Waals surface area (Å²) >= 11 is 0. The molecule has 1 aliphatic carbocycles. The van der Waals surface area contributed by atoms with Crippen molar-refractivity contribution in [3.8, 4) is 0 Å². The largest absolute Gasteiger partial charge is 0.296 e. The first-order chi connectivity index (χ1) is 10.8. The molecule has 1 aromatic rings. The Labute approximate surface area is 131 Å². The molecule has 1 atom stereocenters. The predicted molar refractivity (Wildman–Crippen MR) is 86.3 cm³/mol. The molecule has 2 fully saturated rings. The second-order valence-electron chi connectivity index (χ2n) is 6.43. The average Bonchev–Trinajstić information content (AvgIpc) is 2.97. The molecule has 0 radical (unpaired) electrons. The summed E-state index contributed by atoms with van der Waals surface area (Å²) < 4.78 is 0. The van der Waals surface area contributed by atoms with E-state index in [4.69, 9.17) is 5.21 Å². The maximum absolute atomic E-state index is 11.0. The number of hydrogen-bond acceptors (Lipinski definition) is 3. The van der Waals surface area contributed by atoms with Crippen molar-refractivity contribution in [3.05, 3.63) is 41.5 Å². The van der Waals surface area contributed by atoms with Crippen LogP contribution in [0.15, 0.2) is 30.3 Å². The van der Waals surface area contributed by atoms with Gasteiger partial charge in [-0.25, -0.2) is 5.48 Å². The number of amides is 1. The van der Waals surface area contributed by atoms with Gasteiger partial charge in [0.05, 0.1) is 0 Å². The quantitative estimate of drug-likeness (QED) is 0.499. The highest BCUT2D eigenvalue weighted by Crippen LogP contribution is 2.36. The molecule has 1 saturated carbocycles. The van der Waals surface area contributed by atoms with Crippen molar-refractivity contribution in [1.29, 1.82) is 0 Å². The van der Waals surface area contributed by atoms with E-state index in [0.29, 0.717) is 6.04 Å². The Morgan fingerprint density at radius 2 is 2.00 bits per heavy atom. The summed E-state index contributed by atoms with van der Waals surface area (Å²) in [5.74, 6) is 0.409. The van der Waals surface area contributed by atoms with Gasteiger partial charge in [0.1, 0.15) is 0 Å². The number of benzene rings is 1. The minimum atomic E-state index is -0.508. The Bertz CT molecular complexity index is 535. The maximum atomic E-state index is 11.0. The lowest BCUT2D eigenvalue weighted by Gasteiger charge is -2.33. The number of nitrogens with zero attached hydrogens (tertiary/aromatic N) is 1. The van der Waals surface area contributed by atoms with Crippen LogP contribution >= 0.6 is 0 Å². The normalized spacial score (nSPS) is 22.9. The van der Waals surface area contributed by atoms with E-state index < -0.39 is 5.91 Å². The van der Waals surface area contributed by atoms with E-state index in [1.807, 2.05) is 12.1 Å². The van der Waals surface area contributed by atoms with Crippen LogP contribution in [-0.4, -0.2) is 29.1 Å². The maximum Gasteiger partial charge on any atom is 0.267 e. The fourth-order valence-corrected chi connectivity index (χ4v) is 3.47. The lowest BCUT2D eigenvalue weighted by Crippen LogP contribution is -2.32. The first-order valence-corrected chi connectivity index (χ1v) is 8.22. The van der Waals surface area contributed by atoms with Gasteiger partial charge in [-0.1, -0.05) is 30.7 Å². The van der Waals surface area contributed by atoms with Gasteiger partial charge in [0, 0.05) is 18.7 Å². The Kier molecular flexibility index (Phi) is 4.90. The van der Waals surface area contributed by atoms with Crippen molar-refractivity contribution < 1.29 is 10.0 Å². The minimum absolute atomic E-state index is 0.508. The molecule has 1 heterocycles. The number of rotatable bonds is 5. The molecule has 118 valence electrons. The molecule has 4 heteroatoms. The Hall–Kier alpha value is -1.65. The van der Waals surface area contributed by atoms with Gasteiger partial charge in [-0.2, -0.15) is 0 Å². The van der Waals surface area contributed by atoms with Crippen LogP contribution in [-0.2, 0) is 4.79 Å². The molecule has 0 aromatic heterocycles. The lowest BCUT2D eigenvalue weighted by atomic mass is 9.85. The van der Waals surface area contributed by atoms with Gasteiger partial charge in [0.2, 0.25) is 0 Å². The Balaban J connectivity index is 1.63. The summed E-state index contributed by atoms with van der Waals surface area (Å²) in [5, 5.41) is 8.47. The minimum Gasteiger partial charge on any atom is -0.296 e. The van der Waals surface area contributed by atoms with Gasteiger partial charge in [0.25, 0.3) is 5.91 Å². The summed E-state index contributed by atoms with van der Waals surface area (Å²) in [7, 11) is 0. The summed E-state index contributed by atoms with van der Waals surface area (Å²) in [6.07, 6.45) is 9.78. The molecule has 22 heavy (non-hydrogen) atoms. The van der Waals surface area contributed by atoms with Crippen LogP contribution in [0.1, 0.15) is 49.3 Å². The van der Waals surface area contributed by atoms with E-state index in [2.05, 4.69) is 17.0 Å². The van der Waals surface area contributed by atoms with Gasteiger partial charge in [-0.3, -0.25) is 14.9 Å². The van der Waals surface area contributed by atoms with Crippen LogP contribution in [0.4, 0.5) is 0 Å². The molecular formula is C18H24N2O2. The highest BCUT2D eigenvalue weighted by Gasteiger charge is 2.29. The third-order valence-corrected chi connectivity index (χ3v) is 4.94. The molecular weight excluding hydrogens is 276 g/mol. The lowest BCUT2D eigenvalue weighted by molar-refractivity contribution is -0.124. The number of carbonyl (C=O) groups excluding carboxylic acids is 1. The Morgan fingerprint density at radius 1 is 1.23 bits per heavy atom. The van der Waals surface area contributed by atoms with Crippen LogP contribution in [0.3, 0.4) is 0 Å². The molecule has 3 rings (SSSR count). The van der Waals surface area contributed by atoms with Crippen LogP contribution < -0.4 is 5.48 Å². The zero-order valence-electron chi connectivity index (χ0n) is 12.9. The van der Waals surface area contributed by atoms with Crippen LogP contribution in [0, 0.1) is 5.92 Å². The average molecular weight is 300 g/mol. The van der Waals surface area contributed by atoms with Crippen molar-refractivity contribution in [2.75, 3.05) is 13.1 Å². The van der Waals surface area contributed by atoms with E-state index in [1.54, 1.807) is 11.6 Å². The standard InChI is InChI=1S/C18H24N2O2/c21-18(19-22)11-8-14-6-9-16(10-7-14)17-5-2-12-20(17)13-15-3-1-4-15/h6-11,15,17,22H,1-5,12-13H2,(H,19,21)/t17-/m0/s1. The summed E-state index contributed by atoms with van der Waals surface area (Å²) in [4.78, 5) is 13.6. The van der Waals surface area contributed by atoms with E-state index >= 15 is 0 Å². The van der Waals surface area contributed by atoms with Gasteiger partial charge in [-0.15, -0.1) is 0 Å². The molecule has 1 saturated heterocycles. The second kappa shape index (κ2) is 7.07. The number of likely N-dealkylation sites (tertiary alicyclic amines) is 1. The van der Waals surface area contributed by atoms with Gasteiger partial charge < -0.3 is 0 Å². The zero-order chi connectivity index (χ0) is 15.4. The third-order valence-electron chi connectivity index (χ3n) is 4.94. The van der Waals surface area contributed by atoms with Crippen molar-refractivity contribution >= 4 is 12.0 Å². The van der Waals surface area contributed by atoms with Crippen molar-refractivity contribution in [1.82, 2.24) is 10.4 Å². The predicted octanol–water partition coefficient (Wildman–Crippen LogP) is 3.14. The zero-order valence-corrected chi connectivity index (χ0v) is 12.9. The molecule has 0 unspecified atom stereocenters. The fourth-order valence-electron chi connectivity index (χ4n) is 3.47. The number of hydroxylamine groups is 1. The van der Waals surface area contributed by atoms with Crippen molar-refractivity contribution in [2.45, 2.75) is 38.1 Å². The fraction of sp³-hybridized carbons (Fsp3) is 0.500. The molecule has 0 spiro atoms.